The minimum Gasteiger partial charge on any atom is -0.309 e. The van der Waals surface area contributed by atoms with Crippen LogP contribution in [0.25, 0.3) is 138 Å². The zero-order valence-corrected chi connectivity index (χ0v) is 39.7. The highest BCUT2D eigenvalue weighted by Gasteiger charge is 2.16. The fourth-order valence-electron chi connectivity index (χ4n) is 10.8. The van der Waals surface area contributed by atoms with Crippen molar-refractivity contribution >= 4 is 54.1 Å². The minimum absolute atomic E-state index is 0.641. The van der Waals surface area contributed by atoms with Gasteiger partial charge in [0.05, 0.1) is 11.0 Å². The molecule has 0 unspecified atom stereocenters. The Labute approximate surface area is 422 Å². The number of aromatic nitrogens is 4. The van der Waals surface area contributed by atoms with E-state index >= 15 is 0 Å². The Morgan fingerprint density at radius 3 is 1.04 bits per heavy atom. The first-order valence-corrected chi connectivity index (χ1v) is 24.8. The molecular formula is C69H44N4. The highest BCUT2D eigenvalue weighted by molar-refractivity contribution is 6.25. The lowest BCUT2D eigenvalue weighted by molar-refractivity contribution is 1.07. The van der Waals surface area contributed by atoms with E-state index in [2.05, 4.69) is 211 Å². The summed E-state index contributed by atoms with van der Waals surface area (Å²) in [5.74, 6) is 1.94. The molecule has 4 nitrogen and oxygen atoms in total. The summed E-state index contributed by atoms with van der Waals surface area (Å²) < 4.78 is 2.39. The third-order valence-corrected chi connectivity index (χ3v) is 14.4. The lowest BCUT2D eigenvalue weighted by atomic mass is 9.91. The number of hydrogen-bond acceptors (Lipinski definition) is 3. The topological polar surface area (TPSA) is 43.6 Å². The SMILES string of the molecule is c1ccc(-c2nc(-c3ccccc3)nc(-c3ccc(-c4ccc(-n5c6ccccc6c6cc(-c7cccc(-c8cccc(-c9ccc%10c%11ccccc%11c%11ccccc%11c%10c9)c8)c7)ccc65)cc4)cc3)n2)cc1. The number of benzene rings is 12. The maximum atomic E-state index is 4.94. The van der Waals surface area contributed by atoms with Crippen molar-refractivity contribution in [3.63, 3.8) is 0 Å². The molecule has 340 valence electrons. The predicted molar refractivity (Wildman–Crippen MR) is 305 cm³/mol. The van der Waals surface area contributed by atoms with Crippen LogP contribution in [0.5, 0.6) is 0 Å². The molecule has 0 saturated heterocycles. The van der Waals surface area contributed by atoms with Crippen LogP contribution < -0.4 is 0 Å². The van der Waals surface area contributed by atoms with Gasteiger partial charge in [0, 0.05) is 33.2 Å². The molecule has 12 aromatic carbocycles. The second kappa shape index (κ2) is 17.6. The van der Waals surface area contributed by atoms with E-state index in [4.69, 9.17) is 15.0 Å². The summed E-state index contributed by atoms with van der Waals surface area (Å²) in [4.78, 5) is 14.7. The molecule has 0 aliphatic heterocycles. The quantitative estimate of drug-likeness (QED) is 0.143. The Morgan fingerprint density at radius 1 is 0.192 bits per heavy atom. The van der Waals surface area contributed by atoms with Gasteiger partial charge in [0.2, 0.25) is 0 Å². The highest BCUT2D eigenvalue weighted by atomic mass is 15.0. The number of para-hydroxylation sites is 1. The molecular weight excluding hydrogens is 885 g/mol. The number of fused-ring (bicyclic) bond motifs is 9. The third-order valence-electron chi connectivity index (χ3n) is 14.4. The summed E-state index contributed by atoms with van der Waals surface area (Å²) in [7, 11) is 0. The summed E-state index contributed by atoms with van der Waals surface area (Å²) in [6.07, 6.45) is 0. The molecule has 0 saturated carbocycles. The average Bonchev–Trinajstić information content (AvgIpc) is 3.81. The summed E-state index contributed by atoms with van der Waals surface area (Å²) in [5, 5.41) is 10.2. The van der Waals surface area contributed by atoms with Gasteiger partial charge in [-0.1, -0.05) is 218 Å². The van der Waals surface area contributed by atoms with Crippen molar-refractivity contribution < 1.29 is 0 Å². The van der Waals surface area contributed by atoms with E-state index in [0.717, 1.165) is 33.5 Å². The molecule has 14 rings (SSSR count). The van der Waals surface area contributed by atoms with Crippen LogP contribution in [0.15, 0.2) is 267 Å². The molecule has 0 atom stereocenters. The molecule has 0 fully saturated rings. The van der Waals surface area contributed by atoms with Gasteiger partial charge in [0.15, 0.2) is 17.5 Å². The Morgan fingerprint density at radius 2 is 0.521 bits per heavy atom. The second-order valence-corrected chi connectivity index (χ2v) is 18.8. The summed E-state index contributed by atoms with van der Waals surface area (Å²) in [6.45, 7) is 0. The monoisotopic (exact) mass is 928 g/mol. The van der Waals surface area contributed by atoms with Crippen LogP contribution in [0.4, 0.5) is 0 Å². The molecule has 0 radical (unpaired) electrons. The van der Waals surface area contributed by atoms with Crippen molar-refractivity contribution in [2.45, 2.75) is 0 Å². The smallest absolute Gasteiger partial charge is 0.164 e. The zero-order chi connectivity index (χ0) is 48.2. The van der Waals surface area contributed by atoms with E-state index in [1.54, 1.807) is 0 Å². The van der Waals surface area contributed by atoms with Crippen LogP contribution in [0, 0.1) is 0 Å². The molecule has 2 heterocycles. The standard InChI is InChI=1S/C69H44N4/c1-3-15-47(16-4-1)67-70-68(48-17-5-2-6-18-48)72-69(71-67)49-31-29-45(30-32-49)46-33-37-56(38-34-46)73-65-28-12-11-27-62(65)64-44-55(36-40-66(64)73)53-22-14-20-51(42-53)50-19-13-21-52(41-50)54-35-39-61-59-25-8-7-23-57(59)58-24-9-10-26-60(58)63(61)43-54/h1-44H. The van der Waals surface area contributed by atoms with E-state index in [1.165, 1.54) is 87.5 Å². The fourth-order valence-corrected chi connectivity index (χ4v) is 10.8. The molecule has 0 spiro atoms. The van der Waals surface area contributed by atoms with Gasteiger partial charge in [-0.25, -0.2) is 15.0 Å². The predicted octanol–water partition coefficient (Wildman–Crippen LogP) is 18.1. The van der Waals surface area contributed by atoms with Crippen LogP contribution in [0.3, 0.4) is 0 Å². The van der Waals surface area contributed by atoms with Crippen LogP contribution in [-0.4, -0.2) is 19.5 Å². The molecule has 4 heteroatoms. The van der Waals surface area contributed by atoms with Gasteiger partial charge in [-0.15, -0.1) is 0 Å². The Bertz CT molecular complexity index is 4310. The van der Waals surface area contributed by atoms with Crippen LogP contribution in [0.2, 0.25) is 0 Å². The lowest BCUT2D eigenvalue weighted by Gasteiger charge is -2.13. The van der Waals surface area contributed by atoms with Gasteiger partial charge in [0.1, 0.15) is 0 Å². The molecule has 0 bridgehead atoms. The molecule has 14 aromatic rings. The zero-order valence-electron chi connectivity index (χ0n) is 39.7. The van der Waals surface area contributed by atoms with Crippen molar-refractivity contribution in [2.75, 3.05) is 0 Å². The van der Waals surface area contributed by atoms with Crippen molar-refractivity contribution in [1.29, 1.82) is 0 Å². The van der Waals surface area contributed by atoms with Crippen molar-refractivity contribution in [1.82, 2.24) is 19.5 Å². The van der Waals surface area contributed by atoms with E-state index < -0.39 is 0 Å². The number of hydrogen-bond donors (Lipinski definition) is 0. The van der Waals surface area contributed by atoms with Gasteiger partial charge in [0.25, 0.3) is 0 Å². The van der Waals surface area contributed by atoms with Crippen molar-refractivity contribution in [2.24, 2.45) is 0 Å². The summed E-state index contributed by atoms with van der Waals surface area (Å²) in [6, 6.07) is 95.7. The minimum atomic E-state index is 0.641. The largest absolute Gasteiger partial charge is 0.309 e. The lowest BCUT2D eigenvalue weighted by Crippen LogP contribution is -2.00. The molecule has 0 N–H and O–H groups in total. The first-order chi connectivity index (χ1) is 36.2. The van der Waals surface area contributed by atoms with E-state index in [0.29, 0.717) is 17.5 Å². The van der Waals surface area contributed by atoms with Gasteiger partial charge >= 0.3 is 0 Å². The maximum absolute atomic E-state index is 4.94. The van der Waals surface area contributed by atoms with Gasteiger partial charge in [-0.2, -0.15) is 0 Å². The first-order valence-electron chi connectivity index (χ1n) is 24.8. The van der Waals surface area contributed by atoms with Crippen LogP contribution >= 0.6 is 0 Å². The maximum Gasteiger partial charge on any atom is 0.164 e. The summed E-state index contributed by atoms with van der Waals surface area (Å²) >= 11 is 0. The normalized spacial score (nSPS) is 11.6. The van der Waals surface area contributed by atoms with Crippen LogP contribution in [-0.2, 0) is 0 Å². The van der Waals surface area contributed by atoms with E-state index in [9.17, 15) is 0 Å². The van der Waals surface area contributed by atoms with E-state index in [-0.39, 0.29) is 0 Å². The van der Waals surface area contributed by atoms with Crippen LogP contribution in [0.1, 0.15) is 0 Å². The van der Waals surface area contributed by atoms with Crippen molar-refractivity contribution in [3.05, 3.63) is 267 Å². The van der Waals surface area contributed by atoms with Gasteiger partial charge in [-0.3, -0.25) is 0 Å². The molecule has 0 aliphatic rings. The molecule has 0 aliphatic carbocycles. The van der Waals surface area contributed by atoms with Crippen molar-refractivity contribution in [3.8, 4) is 84.4 Å². The van der Waals surface area contributed by atoms with Gasteiger partial charge in [-0.05, 0) is 125 Å². The highest BCUT2D eigenvalue weighted by Crippen LogP contribution is 2.40. The third kappa shape index (κ3) is 7.52. The molecule has 0 amide bonds. The summed E-state index contributed by atoms with van der Waals surface area (Å²) in [5.41, 5.74) is 15.7. The van der Waals surface area contributed by atoms with Gasteiger partial charge < -0.3 is 4.57 Å². The Hall–Kier alpha value is -9.77. The number of rotatable bonds is 8. The Balaban J connectivity index is 0.762. The molecule has 73 heavy (non-hydrogen) atoms. The fraction of sp³-hybridized carbons (Fsp3) is 0. The first kappa shape index (κ1) is 42.1. The number of nitrogens with zero attached hydrogens (tertiary/aromatic N) is 4. The Kier molecular flexibility index (Phi) is 10.1. The second-order valence-electron chi connectivity index (χ2n) is 18.8. The molecule has 2 aromatic heterocycles. The average molecular weight is 929 g/mol. The van der Waals surface area contributed by atoms with E-state index in [1.807, 2.05) is 60.7 Å².